The molecule has 0 bridgehead atoms. The van der Waals surface area contributed by atoms with Crippen LogP contribution in [0, 0.1) is 6.92 Å². The number of rotatable bonds is 4. The first kappa shape index (κ1) is 14.0. The minimum Gasteiger partial charge on any atom is -0.483 e. The second-order valence-corrected chi connectivity index (χ2v) is 6.17. The fourth-order valence-electron chi connectivity index (χ4n) is 2.34. The highest BCUT2D eigenvalue weighted by Gasteiger charge is 2.21. The highest BCUT2D eigenvalue weighted by molar-refractivity contribution is 7.10. The zero-order chi connectivity index (χ0) is 14.8. The van der Waals surface area contributed by atoms with Crippen molar-refractivity contribution in [3.8, 4) is 5.75 Å². The maximum Gasteiger partial charge on any atom is 0.148 e. The van der Waals surface area contributed by atoms with Crippen LogP contribution in [-0.2, 0) is 0 Å². The topological polar surface area (TPSA) is 48.1 Å². The molecule has 0 fully saturated rings. The molecule has 3 aromatic rings. The third kappa shape index (κ3) is 2.91. The normalized spacial score (nSPS) is 14.0. The van der Waals surface area contributed by atoms with Crippen molar-refractivity contribution in [1.82, 2.24) is 4.98 Å². The number of thiophene rings is 1. The summed E-state index contributed by atoms with van der Waals surface area (Å²) in [6.07, 6.45) is 1.66. The van der Waals surface area contributed by atoms with Crippen molar-refractivity contribution in [2.45, 2.75) is 26.0 Å². The first-order valence-corrected chi connectivity index (χ1v) is 7.84. The van der Waals surface area contributed by atoms with Crippen molar-refractivity contribution in [2.75, 3.05) is 0 Å². The average Bonchev–Trinajstić information content (AvgIpc) is 2.90. The number of benzene rings is 1. The number of nitrogens with two attached hydrogens (primary N) is 1. The lowest BCUT2D eigenvalue weighted by molar-refractivity contribution is 0.184. The highest BCUT2D eigenvalue weighted by atomic mass is 32.1. The van der Waals surface area contributed by atoms with Crippen LogP contribution >= 0.6 is 11.3 Å². The molecule has 2 atom stereocenters. The van der Waals surface area contributed by atoms with Crippen LogP contribution in [0.4, 0.5) is 0 Å². The molecule has 0 aliphatic rings. The quantitative estimate of drug-likeness (QED) is 0.789. The largest absolute Gasteiger partial charge is 0.483 e. The van der Waals surface area contributed by atoms with Gasteiger partial charge in [-0.2, -0.15) is 0 Å². The van der Waals surface area contributed by atoms with Crippen molar-refractivity contribution in [3.63, 3.8) is 0 Å². The van der Waals surface area contributed by atoms with E-state index >= 15 is 0 Å². The molecule has 0 amide bonds. The molecule has 3 rings (SSSR count). The third-order valence-electron chi connectivity index (χ3n) is 3.48. The Morgan fingerprint density at radius 3 is 2.81 bits per heavy atom. The molecule has 0 saturated carbocycles. The standard InChI is InChI=1S/C17H18N2OS/c1-11-7-9-21-17(11)16(12(2)18)20-14-6-5-13-4-3-8-19-15(13)10-14/h3-10,12,16H,18H2,1-2H3. The van der Waals surface area contributed by atoms with E-state index in [1.165, 1.54) is 10.4 Å². The Morgan fingerprint density at radius 2 is 2.10 bits per heavy atom. The monoisotopic (exact) mass is 298 g/mol. The Kier molecular flexibility index (Phi) is 3.90. The van der Waals surface area contributed by atoms with Crippen LogP contribution < -0.4 is 10.5 Å². The summed E-state index contributed by atoms with van der Waals surface area (Å²) in [7, 11) is 0. The summed E-state index contributed by atoms with van der Waals surface area (Å²) < 4.78 is 6.15. The summed E-state index contributed by atoms with van der Waals surface area (Å²) in [6.45, 7) is 4.07. The van der Waals surface area contributed by atoms with E-state index in [1.54, 1.807) is 17.5 Å². The van der Waals surface area contributed by atoms with Crippen molar-refractivity contribution in [2.24, 2.45) is 5.73 Å². The van der Waals surface area contributed by atoms with Gasteiger partial charge in [0.05, 0.1) is 5.52 Å². The van der Waals surface area contributed by atoms with Gasteiger partial charge in [0.15, 0.2) is 0 Å². The summed E-state index contributed by atoms with van der Waals surface area (Å²) in [4.78, 5) is 5.55. The zero-order valence-corrected chi connectivity index (χ0v) is 12.9. The minimum atomic E-state index is -0.133. The SMILES string of the molecule is Cc1ccsc1C(Oc1ccc2cccnc2c1)C(C)N. The second-order valence-electron chi connectivity index (χ2n) is 5.22. The molecule has 108 valence electrons. The predicted molar refractivity (Wildman–Crippen MR) is 87.8 cm³/mol. The molecule has 0 spiro atoms. The van der Waals surface area contributed by atoms with Gasteiger partial charge in [0.25, 0.3) is 0 Å². The molecule has 2 unspecified atom stereocenters. The molecule has 2 N–H and O–H groups in total. The minimum absolute atomic E-state index is 0.0817. The smallest absolute Gasteiger partial charge is 0.148 e. The molecule has 2 heterocycles. The lowest BCUT2D eigenvalue weighted by Crippen LogP contribution is -2.28. The van der Waals surface area contributed by atoms with Crippen LogP contribution in [0.2, 0.25) is 0 Å². The molecule has 2 aromatic heterocycles. The summed E-state index contributed by atoms with van der Waals surface area (Å²) in [6, 6.07) is 12.0. The molecule has 0 saturated heterocycles. The number of hydrogen-bond acceptors (Lipinski definition) is 4. The Labute approximate surface area is 128 Å². The fourth-order valence-corrected chi connectivity index (χ4v) is 3.41. The number of hydrogen-bond donors (Lipinski definition) is 1. The van der Waals surface area contributed by atoms with Gasteiger partial charge in [-0.05, 0) is 49.1 Å². The predicted octanol–water partition coefficient (Wildman–Crippen LogP) is 4.07. The van der Waals surface area contributed by atoms with Gasteiger partial charge < -0.3 is 10.5 Å². The molecule has 0 aliphatic heterocycles. The maximum absolute atomic E-state index is 6.15. The van der Waals surface area contributed by atoms with E-state index in [0.717, 1.165) is 16.7 Å². The first-order chi connectivity index (χ1) is 10.1. The van der Waals surface area contributed by atoms with Crippen molar-refractivity contribution in [3.05, 3.63) is 58.4 Å². The van der Waals surface area contributed by atoms with E-state index in [9.17, 15) is 0 Å². The lowest BCUT2D eigenvalue weighted by atomic mass is 10.1. The van der Waals surface area contributed by atoms with E-state index in [1.807, 2.05) is 37.3 Å². The zero-order valence-electron chi connectivity index (χ0n) is 12.1. The molecule has 21 heavy (non-hydrogen) atoms. The molecular formula is C17H18N2OS. The van der Waals surface area contributed by atoms with Gasteiger partial charge in [-0.25, -0.2) is 0 Å². The Morgan fingerprint density at radius 1 is 1.24 bits per heavy atom. The van der Waals surface area contributed by atoms with Gasteiger partial charge in [-0.15, -0.1) is 11.3 Å². The van der Waals surface area contributed by atoms with Crippen LogP contribution in [0.15, 0.2) is 48.0 Å². The first-order valence-electron chi connectivity index (χ1n) is 6.96. The van der Waals surface area contributed by atoms with Crippen molar-refractivity contribution < 1.29 is 4.74 Å². The number of fused-ring (bicyclic) bond motifs is 1. The summed E-state index contributed by atoms with van der Waals surface area (Å²) in [5.74, 6) is 0.802. The molecule has 1 aromatic carbocycles. The lowest BCUT2D eigenvalue weighted by Gasteiger charge is -2.22. The molecule has 0 aliphatic carbocycles. The number of nitrogens with zero attached hydrogens (tertiary/aromatic N) is 1. The van der Waals surface area contributed by atoms with E-state index in [2.05, 4.69) is 23.4 Å². The van der Waals surface area contributed by atoms with E-state index in [4.69, 9.17) is 10.5 Å². The van der Waals surface area contributed by atoms with E-state index in [0.29, 0.717) is 0 Å². The molecule has 0 radical (unpaired) electrons. The maximum atomic E-state index is 6.15. The Hall–Kier alpha value is -1.91. The van der Waals surface area contributed by atoms with Crippen LogP contribution in [0.25, 0.3) is 10.9 Å². The Balaban J connectivity index is 1.93. The van der Waals surface area contributed by atoms with Gasteiger partial charge in [0, 0.05) is 28.6 Å². The van der Waals surface area contributed by atoms with Crippen LogP contribution in [-0.4, -0.2) is 11.0 Å². The van der Waals surface area contributed by atoms with Gasteiger partial charge in [0.2, 0.25) is 0 Å². The summed E-state index contributed by atoms with van der Waals surface area (Å²) >= 11 is 1.69. The van der Waals surface area contributed by atoms with E-state index < -0.39 is 0 Å². The number of pyridine rings is 1. The number of aromatic nitrogens is 1. The van der Waals surface area contributed by atoms with Gasteiger partial charge in [-0.1, -0.05) is 6.07 Å². The van der Waals surface area contributed by atoms with Gasteiger partial charge >= 0.3 is 0 Å². The van der Waals surface area contributed by atoms with E-state index in [-0.39, 0.29) is 12.1 Å². The van der Waals surface area contributed by atoms with Gasteiger partial charge in [0.1, 0.15) is 11.9 Å². The van der Waals surface area contributed by atoms with Crippen molar-refractivity contribution >= 4 is 22.2 Å². The van der Waals surface area contributed by atoms with Crippen LogP contribution in [0.3, 0.4) is 0 Å². The van der Waals surface area contributed by atoms with Gasteiger partial charge in [-0.3, -0.25) is 4.98 Å². The Bertz CT molecular complexity index is 751. The van der Waals surface area contributed by atoms with Crippen LogP contribution in [0.1, 0.15) is 23.5 Å². The number of aryl methyl sites for hydroxylation is 1. The number of ether oxygens (including phenoxy) is 1. The summed E-state index contributed by atoms with van der Waals surface area (Å²) in [5, 5.41) is 3.18. The second kappa shape index (κ2) is 5.84. The molecular weight excluding hydrogens is 280 g/mol. The van der Waals surface area contributed by atoms with Crippen LogP contribution in [0.5, 0.6) is 5.75 Å². The third-order valence-corrected chi connectivity index (χ3v) is 4.56. The molecule has 4 heteroatoms. The highest BCUT2D eigenvalue weighted by Crippen LogP contribution is 2.31. The van der Waals surface area contributed by atoms with Crippen molar-refractivity contribution in [1.29, 1.82) is 0 Å². The average molecular weight is 298 g/mol. The molecule has 3 nitrogen and oxygen atoms in total. The summed E-state index contributed by atoms with van der Waals surface area (Å²) in [5.41, 5.74) is 8.28. The fraction of sp³-hybridized carbons (Fsp3) is 0.235.